The topological polar surface area (TPSA) is 76.4 Å². The number of carbonyl (C=O) groups is 1. The van der Waals surface area contributed by atoms with Gasteiger partial charge in [0.1, 0.15) is 5.75 Å². The molecule has 0 fully saturated rings. The van der Waals surface area contributed by atoms with E-state index in [0.29, 0.717) is 17.9 Å². The van der Waals surface area contributed by atoms with Crippen LogP contribution in [0.5, 0.6) is 5.75 Å². The summed E-state index contributed by atoms with van der Waals surface area (Å²) in [5, 5.41) is 5.53. The van der Waals surface area contributed by atoms with E-state index in [1.807, 2.05) is 43.3 Å². The van der Waals surface area contributed by atoms with Crippen molar-refractivity contribution in [1.29, 1.82) is 0 Å². The van der Waals surface area contributed by atoms with Crippen molar-refractivity contribution in [3.8, 4) is 5.75 Å². The monoisotopic (exact) mass is 285 g/mol. The molecule has 5 nitrogen and oxygen atoms in total. The molecule has 2 rings (SSSR count). The van der Waals surface area contributed by atoms with Crippen LogP contribution >= 0.6 is 0 Å². The van der Waals surface area contributed by atoms with Crippen molar-refractivity contribution in [1.82, 2.24) is 5.32 Å². The van der Waals surface area contributed by atoms with Crippen LogP contribution in [0.25, 0.3) is 0 Å². The van der Waals surface area contributed by atoms with E-state index >= 15 is 0 Å². The number of nitrogens with one attached hydrogen (secondary N) is 2. The third kappa shape index (κ3) is 4.14. The van der Waals surface area contributed by atoms with Crippen LogP contribution < -0.4 is 21.1 Å². The number of methoxy groups -OCH3 is 1. The van der Waals surface area contributed by atoms with E-state index in [4.69, 9.17) is 10.5 Å². The smallest absolute Gasteiger partial charge is 0.319 e. The van der Waals surface area contributed by atoms with Crippen LogP contribution in [0.4, 0.5) is 16.2 Å². The molecule has 2 aromatic rings. The van der Waals surface area contributed by atoms with E-state index in [0.717, 1.165) is 16.9 Å². The molecule has 21 heavy (non-hydrogen) atoms. The second-order valence-corrected chi connectivity index (χ2v) is 4.75. The summed E-state index contributed by atoms with van der Waals surface area (Å²) in [6, 6.07) is 12.7. The van der Waals surface area contributed by atoms with Gasteiger partial charge >= 0.3 is 6.03 Å². The minimum atomic E-state index is -0.289. The van der Waals surface area contributed by atoms with Gasteiger partial charge in [-0.25, -0.2) is 4.79 Å². The fourth-order valence-electron chi connectivity index (χ4n) is 1.87. The molecule has 0 spiro atoms. The van der Waals surface area contributed by atoms with Gasteiger partial charge in [-0.2, -0.15) is 0 Å². The summed E-state index contributed by atoms with van der Waals surface area (Å²) >= 11 is 0. The van der Waals surface area contributed by atoms with Crippen LogP contribution in [-0.4, -0.2) is 13.1 Å². The van der Waals surface area contributed by atoms with Gasteiger partial charge in [-0.1, -0.05) is 18.2 Å². The van der Waals surface area contributed by atoms with Gasteiger partial charge < -0.3 is 21.1 Å². The van der Waals surface area contributed by atoms with E-state index in [2.05, 4.69) is 10.6 Å². The Morgan fingerprint density at radius 2 is 1.90 bits per heavy atom. The fraction of sp³-hybridized carbons (Fsp3) is 0.188. The maximum atomic E-state index is 11.9. The summed E-state index contributed by atoms with van der Waals surface area (Å²) < 4.78 is 5.08. The number of urea groups is 1. The molecule has 2 aromatic carbocycles. The first-order chi connectivity index (χ1) is 10.1. The number of ether oxygens (including phenoxy) is 1. The highest BCUT2D eigenvalue weighted by Crippen LogP contribution is 2.19. The second-order valence-electron chi connectivity index (χ2n) is 4.75. The van der Waals surface area contributed by atoms with Crippen LogP contribution in [0.2, 0.25) is 0 Å². The normalized spacial score (nSPS) is 10.0. The van der Waals surface area contributed by atoms with E-state index in [1.54, 1.807) is 13.2 Å². The minimum absolute atomic E-state index is 0.289. The van der Waals surface area contributed by atoms with Crippen molar-refractivity contribution in [3.63, 3.8) is 0 Å². The molecule has 0 saturated carbocycles. The van der Waals surface area contributed by atoms with Crippen molar-refractivity contribution in [2.45, 2.75) is 13.5 Å². The molecular weight excluding hydrogens is 266 g/mol. The third-order valence-electron chi connectivity index (χ3n) is 3.07. The zero-order chi connectivity index (χ0) is 15.2. The van der Waals surface area contributed by atoms with Crippen molar-refractivity contribution in [2.24, 2.45) is 0 Å². The Morgan fingerprint density at radius 1 is 1.19 bits per heavy atom. The Bertz CT molecular complexity index is 624. The SMILES string of the molecule is COc1ccc(CNC(=O)Nc2cc(C)ccc2N)cc1. The summed E-state index contributed by atoms with van der Waals surface area (Å²) in [4.78, 5) is 11.9. The van der Waals surface area contributed by atoms with Gasteiger partial charge in [-0.05, 0) is 42.3 Å². The molecule has 2 amide bonds. The van der Waals surface area contributed by atoms with E-state index in [1.165, 1.54) is 0 Å². The first kappa shape index (κ1) is 14.7. The van der Waals surface area contributed by atoms with Crippen LogP contribution in [0, 0.1) is 6.92 Å². The largest absolute Gasteiger partial charge is 0.497 e. The van der Waals surface area contributed by atoms with Crippen molar-refractivity contribution in [3.05, 3.63) is 53.6 Å². The molecule has 0 radical (unpaired) electrons. The Morgan fingerprint density at radius 3 is 2.57 bits per heavy atom. The molecule has 0 aromatic heterocycles. The maximum Gasteiger partial charge on any atom is 0.319 e. The molecule has 0 aliphatic heterocycles. The average molecular weight is 285 g/mol. The molecule has 0 aliphatic rings. The summed E-state index contributed by atoms with van der Waals surface area (Å²) in [5.41, 5.74) is 9.00. The first-order valence-corrected chi connectivity index (χ1v) is 6.62. The molecule has 4 N–H and O–H groups in total. The molecule has 0 atom stereocenters. The second kappa shape index (κ2) is 6.65. The predicted octanol–water partition coefficient (Wildman–Crippen LogP) is 2.91. The molecular formula is C16H19N3O2. The Labute approximate surface area is 124 Å². The summed E-state index contributed by atoms with van der Waals surface area (Å²) in [5.74, 6) is 0.788. The molecule has 5 heteroatoms. The Hall–Kier alpha value is -2.69. The van der Waals surface area contributed by atoms with Gasteiger partial charge in [-0.3, -0.25) is 0 Å². The number of rotatable bonds is 4. The third-order valence-corrected chi connectivity index (χ3v) is 3.07. The van der Waals surface area contributed by atoms with Gasteiger partial charge in [0.15, 0.2) is 0 Å². The number of hydrogen-bond acceptors (Lipinski definition) is 3. The number of hydrogen-bond donors (Lipinski definition) is 3. The van der Waals surface area contributed by atoms with E-state index in [9.17, 15) is 4.79 Å². The summed E-state index contributed by atoms with van der Waals surface area (Å²) in [6.07, 6.45) is 0. The standard InChI is InChI=1S/C16H19N3O2/c1-11-3-8-14(17)15(9-11)19-16(20)18-10-12-4-6-13(21-2)7-5-12/h3-9H,10,17H2,1-2H3,(H2,18,19,20). The zero-order valence-corrected chi connectivity index (χ0v) is 12.1. The lowest BCUT2D eigenvalue weighted by atomic mass is 10.2. The number of nitrogens with two attached hydrogens (primary N) is 1. The molecule has 0 saturated heterocycles. The highest BCUT2D eigenvalue weighted by Gasteiger charge is 2.05. The lowest BCUT2D eigenvalue weighted by Gasteiger charge is -2.10. The minimum Gasteiger partial charge on any atom is -0.497 e. The number of carbonyl (C=O) groups excluding carboxylic acids is 1. The highest BCUT2D eigenvalue weighted by atomic mass is 16.5. The lowest BCUT2D eigenvalue weighted by Crippen LogP contribution is -2.28. The number of nitrogen functional groups attached to an aromatic ring is 1. The number of aryl methyl sites for hydroxylation is 1. The predicted molar refractivity (Wildman–Crippen MR) is 84.4 cm³/mol. The molecule has 0 bridgehead atoms. The van der Waals surface area contributed by atoms with Crippen LogP contribution in [0.3, 0.4) is 0 Å². The molecule has 0 aliphatic carbocycles. The van der Waals surface area contributed by atoms with Gasteiger partial charge in [0.2, 0.25) is 0 Å². The first-order valence-electron chi connectivity index (χ1n) is 6.62. The Balaban J connectivity index is 1.91. The number of amides is 2. The number of benzene rings is 2. The van der Waals surface area contributed by atoms with Gasteiger partial charge in [0.05, 0.1) is 18.5 Å². The molecule has 0 heterocycles. The van der Waals surface area contributed by atoms with Gasteiger partial charge in [-0.15, -0.1) is 0 Å². The van der Waals surface area contributed by atoms with Crippen molar-refractivity contribution < 1.29 is 9.53 Å². The quantitative estimate of drug-likeness (QED) is 0.756. The fourth-order valence-corrected chi connectivity index (χ4v) is 1.87. The van der Waals surface area contributed by atoms with Crippen LogP contribution in [0.15, 0.2) is 42.5 Å². The highest BCUT2D eigenvalue weighted by molar-refractivity contribution is 5.92. The van der Waals surface area contributed by atoms with Crippen molar-refractivity contribution in [2.75, 3.05) is 18.2 Å². The zero-order valence-electron chi connectivity index (χ0n) is 12.1. The molecule has 0 unspecified atom stereocenters. The van der Waals surface area contributed by atoms with Gasteiger partial charge in [0, 0.05) is 6.54 Å². The lowest BCUT2D eigenvalue weighted by molar-refractivity contribution is 0.252. The Kier molecular flexibility index (Phi) is 4.66. The van der Waals surface area contributed by atoms with Crippen molar-refractivity contribution >= 4 is 17.4 Å². The van der Waals surface area contributed by atoms with Crippen LogP contribution in [-0.2, 0) is 6.54 Å². The molecule has 110 valence electrons. The van der Waals surface area contributed by atoms with E-state index in [-0.39, 0.29) is 6.03 Å². The number of anilines is 2. The van der Waals surface area contributed by atoms with Gasteiger partial charge in [0.25, 0.3) is 0 Å². The van der Waals surface area contributed by atoms with E-state index < -0.39 is 0 Å². The average Bonchev–Trinajstić information content (AvgIpc) is 2.49. The maximum absolute atomic E-state index is 11.9. The van der Waals surface area contributed by atoms with Crippen LogP contribution in [0.1, 0.15) is 11.1 Å². The summed E-state index contributed by atoms with van der Waals surface area (Å²) in [7, 11) is 1.62. The summed E-state index contributed by atoms with van der Waals surface area (Å²) in [6.45, 7) is 2.38.